The minimum atomic E-state index is -0.452. The summed E-state index contributed by atoms with van der Waals surface area (Å²) in [6, 6.07) is 5.34. The van der Waals surface area contributed by atoms with Crippen LogP contribution in [0.5, 0.6) is 0 Å². The number of halogens is 1. The van der Waals surface area contributed by atoms with Crippen molar-refractivity contribution < 1.29 is 14.3 Å². The highest BCUT2D eigenvalue weighted by Crippen LogP contribution is 2.25. The predicted molar refractivity (Wildman–Crippen MR) is 63.2 cm³/mol. The van der Waals surface area contributed by atoms with E-state index in [0.717, 1.165) is 5.56 Å². The van der Waals surface area contributed by atoms with Crippen LogP contribution in [0, 0.1) is 6.92 Å². The lowest BCUT2D eigenvalue weighted by Crippen LogP contribution is -2.05. The fourth-order valence-electron chi connectivity index (χ4n) is 1.35. The Morgan fingerprint density at radius 1 is 1.38 bits per heavy atom. The molecule has 0 N–H and O–H groups in total. The van der Waals surface area contributed by atoms with Gasteiger partial charge in [-0.3, -0.25) is 0 Å². The molecule has 0 unspecified atom stereocenters. The standard InChI is InChI=1S/C12H13ClO3/c1-8-9(5-4-6-11(8)13)10(7-15-2)12(14)16-3/h4-7H,1-3H3/b10-7+. The molecule has 1 aromatic carbocycles. The van der Waals surface area contributed by atoms with Crippen LogP contribution in [0.3, 0.4) is 0 Å². The van der Waals surface area contributed by atoms with Crippen molar-refractivity contribution >= 4 is 23.1 Å². The van der Waals surface area contributed by atoms with Crippen LogP contribution in [-0.2, 0) is 14.3 Å². The first kappa shape index (κ1) is 12.6. The van der Waals surface area contributed by atoms with Gasteiger partial charge in [-0.05, 0) is 24.1 Å². The monoisotopic (exact) mass is 240 g/mol. The van der Waals surface area contributed by atoms with E-state index in [9.17, 15) is 4.79 Å². The molecular weight excluding hydrogens is 228 g/mol. The van der Waals surface area contributed by atoms with Crippen molar-refractivity contribution in [2.45, 2.75) is 6.92 Å². The zero-order chi connectivity index (χ0) is 12.1. The van der Waals surface area contributed by atoms with Crippen LogP contribution in [0.25, 0.3) is 5.57 Å². The SMILES string of the molecule is CO/C=C(/C(=O)OC)c1cccc(Cl)c1C. The Hall–Kier alpha value is -1.48. The Kier molecular flexibility index (Phi) is 4.38. The summed E-state index contributed by atoms with van der Waals surface area (Å²) in [4.78, 5) is 11.6. The number of esters is 1. The summed E-state index contributed by atoms with van der Waals surface area (Å²) < 4.78 is 9.55. The maximum absolute atomic E-state index is 11.6. The minimum absolute atomic E-state index is 0.352. The molecule has 0 aliphatic heterocycles. The third-order valence-corrected chi connectivity index (χ3v) is 2.61. The molecule has 0 aromatic heterocycles. The summed E-state index contributed by atoms with van der Waals surface area (Å²) in [7, 11) is 2.80. The van der Waals surface area contributed by atoms with Crippen LogP contribution >= 0.6 is 11.6 Å². The second kappa shape index (κ2) is 5.56. The first-order valence-corrected chi connectivity index (χ1v) is 5.06. The van der Waals surface area contributed by atoms with E-state index in [0.29, 0.717) is 16.2 Å². The van der Waals surface area contributed by atoms with Crippen molar-refractivity contribution in [2.24, 2.45) is 0 Å². The van der Waals surface area contributed by atoms with Crippen LogP contribution in [0.4, 0.5) is 0 Å². The van der Waals surface area contributed by atoms with E-state index in [1.807, 2.05) is 6.92 Å². The number of hydrogen-bond donors (Lipinski definition) is 0. The van der Waals surface area contributed by atoms with Crippen molar-refractivity contribution in [3.05, 3.63) is 40.6 Å². The third kappa shape index (κ3) is 2.55. The van der Waals surface area contributed by atoms with E-state index in [1.165, 1.54) is 20.5 Å². The smallest absolute Gasteiger partial charge is 0.341 e. The fraction of sp³-hybridized carbons (Fsp3) is 0.250. The third-order valence-electron chi connectivity index (χ3n) is 2.20. The van der Waals surface area contributed by atoms with Gasteiger partial charge in [-0.15, -0.1) is 0 Å². The van der Waals surface area contributed by atoms with Gasteiger partial charge in [-0.1, -0.05) is 23.7 Å². The molecular formula is C12H13ClO3. The van der Waals surface area contributed by atoms with E-state index in [4.69, 9.17) is 16.3 Å². The number of carbonyl (C=O) groups excluding carboxylic acids is 1. The Balaban J connectivity index is 3.27. The van der Waals surface area contributed by atoms with Crippen molar-refractivity contribution in [3.8, 4) is 0 Å². The minimum Gasteiger partial charge on any atom is -0.503 e. The summed E-state index contributed by atoms with van der Waals surface area (Å²) in [5, 5.41) is 0.600. The topological polar surface area (TPSA) is 35.5 Å². The number of carbonyl (C=O) groups is 1. The quantitative estimate of drug-likeness (QED) is 0.463. The number of rotatable bonds is 3. The molecule has 0 atom stereocenters. The van der Waals surface area contributed by atoms with E-state index in [2.05, 4.69) is 4.74 Å². The number of benzene rings is 1. The lowest BCUT2D eigenvalue weighted by Gasteiger charge is -2.09. The van der Waals surface area contributed by atoms with Crippen LogP contribution in [0.2, 0.25) is 5.02 Å². The van der Waals surface area contributed by atoms with Crippen molar-refractivity contribution in [1.82, 2.24) is 0 Å². The highest BCUT2D eigenvalue weighted by Gasteiger charge is 2.16. The first-order chi connectivity index (χ1) is 7.61. The molecule has 0 fully saturated rings. The lowest BCUT2D eigenvalue weighted by atomic mass is 10.0. The van der Waals surface area contributed by atoms with Gasteiger partial charge in [-0.2, -0.15) is 0 Å². The highest BCUT2D eigenvalue weighted by atomic mass is 35.5. The summed E-state index contributed by atoms with van der Waals surface area (Å²) in [6.07, 6.45) is 1.35. The molecule has 16 heavy (non-hydrogen) atoms. The number of hydrogen-bond acceptors (Lipinski definition) is 3. The zero-order valence-electron chi connectivity index (χ0n) is 9.41. The van der Waals surface area contributed by atoms with Gasteiger partial charge in [0.2, 0.25) is 0 Å². The van der Waals surface area contributed by atoms with Crippen LogP contribution in [-0.4, -0.2) is 20.2 Å². The molecule has 0 bridgehead atoms. The van der Waals surface area contributed by atoms with Gasteiger partial charge in [0.15, 0.2) is 0 Å². The van der Waals surface area contributed by atoms with Gasteiger partial charge in [0.25, 0.3) is 0 Å². The molecule has 0 aliphatic carbocycles. The van der Waals surface area contributed by atoms with E-state index < -0.39 is 5.97 Å². The Labute approximate surface area is 99.6 Å². The summed E-state index contributed by atoms with van der Waals surface area (Å²) in [5.74, 6) is -0.452. The van der Waals surface area contributed by atoms with Gasteiger partial charge >= 0.3 is 5.97 Å². The second-order valence-corrected chi connectivity index (χ2v) is 3.58. The summed E-state index contributed by atoms with van der Waals surface area (Å²) in [5.41, 5.74) is 1.88. The number of methoxy groups -OCH3 is 2. The Bertz CT molecular complexity index is 424. The average molecular weight is 241 g/mol. The Morgan fingerprint density at radius 2 is 2.06 bits per heavy atom. The summed E-state index contributed by atoms with van der Waals surface area (Å²) >= 11 is 5.99. The van der Waals surface area contributed by atoms with Gasteiger partial charge < -0.3 is 9.47 Å². The van der Waals surface area contributed by atoms with E-state index in [-0.39, 0.29) is 0 Å². The zero-order valence-corrected chi connectivity index (χ0v) is 10.2. The molecule has 4 heteroatoms. The van der Waals surface area contributed by atoms with Crippen LogP contribution in [0.1, 0.15) is 11.1 Å². The van der Waals surface area contributed by atoms with Gasteiger partial charge in [0.05, 0.1) is 20.5 Å². The highest BCUT2D eigenvalue weighted by molar-refractivity contribution is 6.32. The average Bonchev–Trinajstić information content (AvgIpc) is 2.29. The lowest BCUT2D eigenvalue weighted by molar-refractivity contribution is -0.133. The van der Waals surface area contributed by atoms with Crippen LogP contribution in [0.15, 0.2) is 24.5 Å². The van der Waals surface area contributed by atoms with Crippen molar-refractivity contribution in [3.63, 3.8) is 0 Å². The van der Waals surface area contributed by atoms with E-state index in [1.54, 1.807) is 18.2 Å². The molecule has 0 saturated carbocycles. The van der Waals surface area contributed by atoms with Gasteiger partial charge in [0.1, 0.15) is 5.57 Å². The van der Waals surface area contributed by atoms with E-state index >= 15 is 0 Å². The molecule has 1 aromatic rings. The maximum Gasteiger partial charge on any atom is 0.341 e. The van der Waals surface area contributed by atoms with Crippen molar-refractivity contribution in [2.75, 3.05) is 14.2 Å². The van der Waals surface area contributed by atoms with Crippen molar-refractivity contribution in [1.29, 1.82) is 0 Å². The molecule has 86 valence electrons. The van der Waals surface area contributed by atoms with Gasteiger partial charge in [-0.25, -0.2) is 4.79 Å². The fourth-order valence-corrected chi connectivity index (χ4v) is 1.52. The largest absolute Gasteiger partial charge is 0.503 e. The molecule has 0 spiro atoms. The summed E-state index contributed by atoms with van der Waals surface area (Å²) in [6.45, 7) is 1.84. The first-order valence-electron chi connectivity index (χ1n) is 4.68. The molecule has 3 nitrogen and oxygen atoms in total. The van der Waals surface area contributed by atoms with Gasteiger partial charge in [0, 0.05) is 5.02 Å². The normalized spacial score (nSPS) is 11.1. The second-order valence-electron chi connectivity index (χ2n) is 3.17. The molecule has 0 saturated heterocycles. The van der Waals surface area contributed by atoms with Crippen LogP contribution < -0.4 is 0 Å². The number of ether oxygens (including phenoxy) is 2. The molecule has 0 aliphatic rings. The predicted octanol–water partition coefficient (Wildman–Crippen LogP) is 2.81. The maximum atomic E-state index is 11.6. The molecule has 0 amide bonds. The molecule has 0 radical (unpaired) electrons. The Morgan fingerprint density at radius 3 is 2.62 bits per heavy atom. The molecule has 0 heterocycles. The molecule has 1 rings (SSSR count).